The van der Waals surface area contributed by atoms with Crippen LogP contribution in [-0.4, -0.2) is 41.3 Å². The maximum absolute atomic E-state index is 11.9. The summed E-state index contributed by atoms with van der Waals surface area (Å²) >= 11 is 0. The number of rotatable bonds is 4. The number of carbonyl (C=O) groups is 1. The van der Waals surface area contributed by atoms with E-state index in [1.807, 2.05) is 60.7 Å². The molecule has 0 spiro atoms. The van der Waals surface area contributed by atoms with E-state index < -0.39 is 5.60 Å². The van der Waals surface area contributed by atoms with E-state index in [0.29, 0.717) is 12.5 Å². The average Bonchev–Trinajstić information content (AvgIpc) is 2.89. The highest BCUT2D eigenvalue weighted by molar-refractivity contribution is 5.86. The van der Waals surface area contributed by atoms with Gasteiger partial charge in [0.25, 0.3) is 0 Å². The molecule has 1 aromatic heterocycles. The van der Waals surface area contributed by atoms with Crippen LogP contribution in [0.25, 0.3) is 22.0 Å². The predicted molar refractivity (Wildman–Crippen MR) is 147 cm³/mol. The summed E-state index contributed by atoms with van der Waals surface area (Å²) in [6, 6.07) is 16.7. The van der Waals surface area contributed by atoms with Crippen LogP contribution in [0.2, 0.25) is 0 Å². The summed E-state index contributed by atoms with van der Waals surface area (Å²) in [7, 11) is 0. The average molecular weight is 479 g/mol. The number of nitrogens with zero attached hydrogens (tertiary/aromatic N) is 3. The number of nitrogens with one attached hydrogen (secondary N) is 1. The first-order valence-electron chi connectivity index (χ1n) is 12.9. The molecule has 1 aliphatic heterocycles. The van der Waals surface area contributed by atoms with Crippen molar-refractivity contribution >= 4 is 22.8 Å². The monoisotopic (exact) mass is 478 g/mol. The van der Waals surface area contributed by atoms with Crippen LogP contribution in [0, 0.1) is 5.92 Å². The maximum atomic E-state index is 11.9. The van der Waals surface area contributed by atoms with Gasteiger partial charge in [0.2, 0.25) is 5.95 Å². The molecule has 1 saturated heterocycles. The summed E-state index contributed by atoms with van der Waals surface area (Å²) in [6.45, 7) is 16.0. The van der Waals surface area contributed by atoms with Crippen LogP contribution in [-0.2, 0) is 4.74 Å². The summed E-state index contributed by atoms with van der Waals surface area (Å²) in [5.74, 6) is 1.21. The Labute approximate surface area is 211 Å². The fraction of sp³-hybridized carbons (Fsp3) is 0.483. The molecule has 1 amide bonds. The summed E-state index contributed by atoms with van der Waals surface area (Å²) in [5.41, 5.74) is 1.56. The Morgan fingerprint density at radius 1 is 1.00 bits per heavy atom. The van der Waals surface area contributed by atoms with E-state index >= 15 is 0 Å². The zero-order valence-electron chi connectivity index (χ0n) is 22.5. The molecule has 6 heteroatoms. The molecule has 0 atom stereocenters. The number of anilines is 1. The van der Waals surface area contributed by atoms with Crippen molar-refractivity contribution in [2.24, 2.45) is 5.92 Å². The largest absolute Gasteiger partial charge is 0.444 e. The lowest BCUT2D eigenvalue weighted by molar-refractivity contribution is 0.0516. The van der Waals surface area contributed by atoms with Gasteiger partial charge in [-0.25, -0.2) is 14.8 Å². The predicted octanol–water partition coefficient (Wildman–Crippen LogP) is 7.09. The Kier molecular flexibility index (Phi) is 11.0. The SMILES string of the molecule is CC.CC.CC(C)(C)OC(=O)NCC1CCN(c2nccc(-c3ccc4ccccc4c3)n2)CC1. The first kappa shape index (κ1) is 28.1. The molecule has 35 heavy (non-hydrogen) atoms. The first-order chi connectivity index (χ1) is 16.9. The zero-order chi connectivity index (χ0) is 25.8. The second-order valence-corrected chi connectivity index (χ2v) is 9.12. The molecular weight excluding hydrogens is 436 g/mol. The van der Waals surface area contributed by atoms with Gasteiger partial charge < -0.3 is 15.0 Å². The molecule has 0 radical (unpaired) electrons. The fourth-order valence-electron chi connectivity index (χ4n) is 3.89. The number of hydrogen-bond donors (Lipinski definition) is 1. The summed E-state index contributed by atoms with van der Waals surface area (Å²) in [6.07, 6.45) is 3.46. The molecular formula is C29H42N4O2. The van der Waals surface area contributed by atoms with E-state index in [1.165, 1.54) is 10.8 Å². The number of amides is 1. The molecule has 0 saturated carbocycles. The van der Waals surface area contributed by atoms with Crippen molar-refractivity contribution in [1.82, 2.24) is 15.3 Å². The Morgan fingerprint density at radius 2 is 1.66 bits per heavy atom. The van der Waals surface area contributed by atoms with Gasteiger partial charge in [-0.2, -0.15) is 0 Å². The minimum absolute atomic E-state index is 0.346. The van der Waals surface area contributed by atoms with E-state index in [-0.39, 0.29) is 6.09 Å². The smallest absolute Gasteiger partial charge is 0.407 e. The van der Waals surface area contributed by atoms with Gasteiger partial charge in [-0.1, -0.05) is 64.1 Å². The first-order valence-corrected chi connectivity index (χ1v) is 12.9. The molecule has 0 aliphatic carbocycles. The van der Waals surface area contributed by atoms with Crippen LogP contribution < -0.4 is 10.2 Å². The molecule has 6 nitrogen and oxygen atoms in total. The fourth-order valence-corrected chi connectivity index (χ4v) is 3.89. The van der Waals surface area contributed by atoms with E-state index in [9.17, 15) is 4.79 Å². The highest BCUT2D eigenvalue weighted by Crippen LogP contribution is 2.26. The normalized spacial score (nSPS) is 13.7. The number of fused-ring (bicyclic) bond motifs is 1. The van der Waals surface area contributed by atoms with Crippen molar-refractivity contribution in [3.63, 3.8) is 0 Å². The number of aromatic nitrogens is 2. The van der Waals surface area contributed by atoms with E-state index in [0.717, 1.165) is 43.1 Å². The molecule has 0 bridgehead atoms. The highest BCUT2D eigenvalue weighted by atomic mass is 16.6. The second-order valence-electron chi connectivity index (χ2n) is 9.12. The molecule has 1 aliphatic rings. The zero-order valence-corrected chi connectivity index (χ0v) is 22.5. The number of carbonyl (C=O) groups excluding carboxylic acids is 1. The van der Waals surface area contributed by atoms with Gasteiger partial charge in [0.1, 0.15) is 5.60 Å². The van der Waals surface area contributed by atoms with Crippen molar-refractivity contribution < 1.29 is 9.53 Å². The minimum Gasteiger partial charge on any atom is -0.444 e. The van der Waals surface area contributed by atoms with Crippen LogP contribution in [0.5, 0.6) is 0 Å². The number of piperidine rings is 1. The molecule has 1 N–H and O–H groups in total. The molecule has 1 fully saturated rings. The van der Waals surface area contributed by atoms with Gasteiger partial charge in [-0.15, -0.1) is 0 Å². The van der Waals surface area contributed by atoms with E-state index in [2.05, 4.69) is 57.7 Å². The van der Waals surface area contributed by atoms with Gasteiger partial charge in [-0.05, 0) is 62.4 Å². The topological polar surface area (TPSA) is 67.3 Å². The van der Waals surface area contributed by atoms with Crippen molar-refractivity contribution in [2.75, 3.05) is 24.5 Å². The third kappa shape index (κ3) is 8.53. The van der Waals surface area contributed by atoms with E-state index in [4.69, 9.17) is 9.72 Å². The molecule has 0 unspecified atom stereocenters. The van der Waals surface area contributed by atoms with E-state index in [1.54, 1.807) is 0 Å². The third-order valence-corrected chi connectivity index (χ3v) is 5.52. The quantitative estimate of drug-likeness (QED) is 0.433. The van der Waals surface area contributed by atoms with Crippen molar-refractivity contribution in [3.8, 4) is 11.3 Å². The number of alkyl carbamates (subject to hydrolysis) is 1. The van der Waals surface area contributed by atoms with Crippen LogP contribution >= 0.6 is 0 Å². The van der Waals surface area contributed by atoms with Gasteiger partial charge in [0, 0.05) is 31.4 Å². The Hall–Kier alpha value is -3.15. The molecule has 4 rings (SSSR count). The lowest BCUT2D eigenvalue weighted by atomic mass is 9.97. The number of hydrogen-bond acceptors (Lipinski definition) is 5. The summed E-state index contributed by atoms with van der Waals surface area (Å²) < 4.78 is 5.32. The van der Waals surface area contributed by atoms with Crippen molar-refractivity contribution in [2.45, 2.75) is 66.9 Å². The van der Waals surface area contributed by atoms with Crippen LogP contribution in [0.3, 0.4) is 0 Å². The van der Waals surface area contributed by atoms with Crippen LogP contribution in [0.4, 0.5) is 10.7 Å². The van der Waals surface area contributed by atoms with Gasteiger partial charge in [-0.3, -0.25) is 0 Å². The van der Waals surface area contributed by atoms with Crippen molar-refractivity contribution in [3.05, 3.63) is 54.7 Å². The molecule has 190 valence electrons. The minimum atomic E-state index is -0.471. The number of ether oxygens (including phenoxy) is 1. The third-order valence-electron chi connectivity index (χ3n) is 5.52. The summed E-state index contributed by atoms with van der Waals surface area (Å²) in [5, 5.41) is 5.33. The summed E-state index contributed by atoms with van der Waals surface area (Å²) in [4.78, 5) is 23.5. The lowest BCUT2D eigenvalue weighted by Crippen LogP contribution is -2.40. The Morgan fingerprint density at radius 3 is 2.31 bits per heavy atom. The lowest BCUT2D eigenvalue weighted by Gasteiger charge is -2.32. The molecule has 2 heterocycles. The second kappa shape index (κ2) is 13.7. The molecule has 2 aromatic carbocycles. The molecule has 3 aromatic rings. The van der Waals surface area contributed by atoms with Gasteiger partial charge >= 0.3 is 6.09 Å². The Bertz CT molecular complexity index is 1050. The number of benzene rings is 2. The van der Waals surface area contributed by atoms with Gasteiger partial charge in [0.05, 0.1) is 5.69 Å². The van der Waals surface area contributed by atoms with Crippen molar-refractivity contribution in [1.29, 1.82) is 0 Å². The van der Waals surface area contributed by atoms with Crippen LogP contribution in [0.15, 0.2) is 54.7 Å². The standard InChI is InChI=1S/C25H30N4O2.2C2H6/c1-25(2,3)31-24(30)27-17-18-11-14-29(15-12-18)23-26-13-10-22(28-23)21-9-8-19-6-4-5-7-20(19)16-21;2*1-2/h4-10,13,16,18H,11-12,14-15,17H2,1-3H3,(H,27,30);2*1-2H3. The Balaban J connectivity index is 0.00000103. The maximum Gasteiger partial charge on any atom is 0.407 e. The highest BCUT2D eigenvalue weighted by Gasteiger charge is 2.23. The van der Waals surface area contributed by atoms with Crippen LogP contribution in [0.1, 0.15) is 61.3 Å². The van der Waals surface area contributed by atoms with Gasteiger partial charge in [0.15, 0.2) is 0 Å².